The van der Waals surface area contributed by atoms with E-state index in [-0.39, 0.29) is 0 Å². The van der Waals surface area contributed by atoms with Crippen molar-refractivity contribution in [2.45, 2.75) is 33.2 Å². The van der Waals surface area contributed by atoms with Crippen molar-refractivity contribution in [3.63, 3.8) is 0 Å². The second-order valence-electron chi connectivity index (χ2n) is 5.99. The van der Waals surface area contributed by atoms with E-state index in [4.69, 9.17) is 13.3 Å². The number of nitrogens with zero attached hydrogens (tertiary/aromatic N) is 3. The molecule has 0 aromatic rings. The van der Waals surface area contributed by atoms with E-state index in [2.05, 4.69) is 6.58 Å². The molecular formula is C16H38N3O4PSi. The molecule has 0 aliphatic heterocycles. The molecule has 0 saturated heterocycles. The molecule has 150 valence electrons. The molecule has 0 amide bonds. The van der Waals surface area contributed by atoms with E-state index < -0.39 is 16.4 Å². The SMILES string of the molecule is C=CCN(CCC[Si](OCC)(OCC)OCC)P(=O)(N(C)C)N(C)C. The molecule has 0 heterocycles. The van der Waals surface area contributed by atoms with Gasteiger partial charge in [-0.3, -0.25) is 4.57 Å². The number of hydrogen-bond acceptors (Lipinski definition) is 4. The Balaban J connectivity index is 5.16. The molecule has 0 N–H and O–H groups in total. The lowest BCUT2D eigenvalue weighted by Gasteiger charge is -2.39. The maximum Gasteiger partial charge on any atom is 0.500 e. The molecule has 0 saturated carbocycles. The Labute approximate surface area is 155 Å². The van der Waals surface area contributed by atoms with Crippen molar-refractivity contribution in [1.29, 1.82) is 0 Å². The average molecular weight is 396 g/mol. The van der Waals surface area contributed by atoms with Crippen LogP contribution in [-0.2, 0) is 17.8 Å². The topological polar surface area (TPSA) is 54.5 Å². The summed E-state index contributed by atoms with van der Waals surface area (Å²) in [7, 11) is 1.91. The Bertz CT molecular complexity index is 395. The van der Waals surface area contributed by atoms with Crippen molar-refractivity contribution in [3.05, 3.63) is 12.7 Å². The van der Waals surface area contributed by atoms with Gasteiger partial charge in [0.15, 0.2) is 0 Å². The van der Waals surface area contributed by atoms with E-state index in [1.54, 1.807) is 15.4 Å². The predicted molar refractivity (Wildman–Crippen MR) is 107 cm³/mol. The normalized spacial score (nSPS) is 13.2. The van der Waals surface area contributed by atoms with E-state index in [9.17, 15) is 4.57 Å². The van der Waals surface area contributed by atoms with Gasteiger partial charge in [0, 0.05) is 39.0 Å². The summed E-state index contributed by atoms with van der Waals surface area (Å²) in [6.45, 7) is 12.6. The van der Waals surface area contributed by atoms with Crippen LogP contribution < -0.4 is 0 Å². The summed E-state index contributed by atoms with van der Waals surface area (Å²) < 4.78 is 36.7. The lowest BCUT2D eigenvalue weighted by Crippen LogP contribution is -2.46. The summed E-state index contributed by atoms with van der Waals surface area (Å²) >= 11 is 0. The Morgan fingerprint density at radius 2 is 1.40 bits per heavy atom. The fourth-order valence-electron chi connectivity index (χ4n) is 2.82. The van der Waals surface area contributed by atoms with Crippen LogP contribution in [0.2, 0.25) is 6.04 Å². The molecule has 0 fully saturated rings. The van der Waals surface area contributed by atoms with Gasteiger partial charge >= 0.3 is 8.80 Å². The molecule has 0 spiro atoms. The lowest BCUT2D eigenvalue weighted by atomic mass is 10.4. The van der Waals surface area contributed by atoms with Gasteiger partial charge in [-0.2, -0.15) is 0 Å². The second kappa shape index (κ2) is 12.4. The van der Waals surface area contributed by atoms with Gasteiger partial charge in [0.25, 0.3) is 7.59 Å². The quantitative estimate of drug-likeness (QED) is 0.240. The fourth-order valence-corrected chi connectivity index (χ4v) is 7.87. The van der Waals surface area contributed by atoms with Crippen molar-refractivity contribution in [2.75, 3.05) is 61.1 Å². The third-order valence-electron chi connectivity index (χ3n) is 3.74. The van der Waals surface area contributed by atoms with Gasteiger partial charge in [0.2, 0.25) is 0 Å². The Morgan fingerprint density at radius 3 is 1.72 bits per heavy atom. The maximum absolute atomic E-state index is 13.5. The summed E-state index contributed by atoms with van der Waals surface area (Å²) in [5.74, 6) is 0. The molecule has 0 aliphatic rings. The van der Waals surface area contributed by atoms with E-state index in [1.807, 2.05) is 53.6 Å². The molecule has 0 bridgehead atoms. The first kappa shape index (κ1) is 24.9. The summed E-state index contributed by atoms with van der Waals surface area (Å²) in [6.07, 6.45) is 2.57. The zero-order valence-electron chi connectivity index (χ0n) is 17.2. The molecule has 0 radical (unpaired) electrons. The van der Waals surface area contributed by atoms with E-state index in [0.717, 1.165) is 6.42 Å². The minimum Gasteiger partial charge on any atom is -0.374 e. The molecule has 0 unspecified atom stereocenters. The van der Waals surface area contributed by atoms with Crippen LogP contribution in [0.25, 0.3) is 0 Å². The van der Waals surface area contributed by atoms with Crippen LogP contribution in [0.15, 0.2) is 12.7 Å². The molecule has 0 atom stereocenters. The van der Waals surface area contributed by atoms with E-state index in [1.165, 1.54) is 0 Å². The molecule has 0 aliphatic carbocycles. The fraction of sp³-hybridized carbons (Fsp3) is 0.875. The number of rotatable bonds is 15. The molecule has 0 aromatic heterocycles. The van der Waals surface area contributed by atoms with Crippen molar-refractivity contribution in [3.8, 4) is 0 Å². The minimum atomic E-state index is -2.80. The monoisotopic (exact) mass is 395 g/mol. The van der Waals surface area contributed by atoms with Gasteiger partial charge < -0.3 is 13.3 Å². The zero-order valence-corrected chi connectivity index (χ0v) is 19.1. The smallest absolute Gasteiger partial charge is 0.374 e. The van der Waals surface area contributed by atoms with Gasteiger partial charge in [-0.1, -0.05) is 6.08 Å². The molecule has 9 heteroatoms. The van der Waals surface area contributed by atoms with Gasteiger partial charge in [0.1, 0.15) is 0 Å². The largest absolute Gasteiger partial charge is 0.500 e. The van der Waals surface area contributed by atoms with Crippen LogP contribution in [0.1, 0.15) is 27.2 Å². The van der Waals surface area contributed by atoms with Gasteiger partial charge in [-0.15, -0.1) is 6.58 Å². The Kier molecular flexibility index (Phi) is 12.3. The van der Waals surface area contributed by atoms with Crippen molar-refractivity contribution >= 4 is 16.4 Å². The van der Waals surface area contributed by atoms with Crippen molar-refractivity contribution in [1.82, 2.24) is 14.0 Å². The Hall–Kier alpha value is -0.0531. The summed E-state index contributed by atoms with van der Waals surface area (Å²) in [4.78, 5) is 0. The standard InChI is InChI=1S/C16H38N3O4PSi/c1-9-14-19(24(20,17(5)6)18(7)8)15-13-16-25(21-10-2,22-11-3)23-12-4/h9H,1,10-16H2,2-8H3. The van der Waals surface area contributed by atoms with Crippen LogP contribution in [0, 0.1) is 0 Å². The van der Waals surface area contributed by atoms with Crippen LogP contribution in [0.3, 0.4) is 0 Å². The summed E-state index contributed by atoms with van der Waals surface area (Å²) in [5, 5.41) is 0. The highest BCUT2D eigenvalue weighted by molar-refractivity contribution is 7.56. The summed E-state index contributed by atoms with van der Waals surface area (Å²) in [6, 6.07) is 0.705. The van der Waals surface area contributed by atoms with Gasteiger partial charge in [-0.05, 0) is 55.4 Å². The first-order valence-electron chi connectivity index (χ1n) is 8.97. The highest BCUT2D eigenvalue weighted by Gasteiger charge is 2.41. The molecule has 0 aromatic carbocycles. The highest BCUT2D eigenvalue weighted by Crippen LogP contribution is 2.53. The third kappa shape index (κ3) is 7.23. The predicted octanol–water partition coefficient (Wildman–Crippen LogP) is 3.14. The van der Waals surface area contributed by atoms with Crippen molar-refractivity contribution < 1.29 is 17.8 Å². The summed E-state index contributed by atoms with van der Waals surface area (Å²) in [5.41, 5.74) is 0. The Morgan fingerprint density at radius 1 is 0.960 bits per heavy atom. The number of hydrogen-bond donors (Lipinski definition) is 0. The minimum absolute atomic E-state index is 0.556. The van der Waals surface area contributed by atoms with E-state index >= 15 is 0 Å². The molecule has 7 nitrogen and oxygen atoms in total. The van der Waals surface area contributed by atoms with E-state index in [0.29, 0.717) is 39.0 Å². The molecule has 0 rings (SSSR count). The van der Waals surface area contributed by atoms with Gasteiger partial charge in [0.05, 0.1) is 0 Å². The van der Waals surface area contributed by atoms with Crippen LogP contribution in [0.5, 0.6) is 0 Å². The third-order valence-corrected chi connectivity index (χ3v) is 10.1. The first-order valence-corrected chi connectivity index (χ1v) is 12.5. The highest BCUT2D eigenvalue weighted by atomic mass is 31.2. The van der Waals surface area contributed by atoms with Crippen LogP contribution >= 0.6 is 7.59 Å². The zero-order chi connectivity index (χ0) is 19.5. The second-order valence-corrected chi connectivity index (χ2v) is 11.9. The first-order chi connectivity index (χ1) is 11.7. The average Bonchev–Trinajstić information content (AvgIpc) is 2.53. The van der Waals surface area contributed by atoms with Gasteiger partial charge in [-0.25, -0.2) is 14.0 Å². The van der Waals surface area contributed by atoms with Crippen LogP contribution in [-0.4, -0.2) is 83.9 Å². The maximum atomic E-state index is 13.5. The molecular weight excluding hydrogens is 357 g/mol. The molecule has 25 heavy (non-hydrogen) atoms. The van der Waals surface area contributed by atoms with Crippen molar-refractivity contribution in [2.24, 2.45) is 0 Å². The van der Waals surface area contributed by atoms with Crippen LogP contribution in [0.4, 0.5) is 0 Å². The lowest BCUT2D eigenvalue weighted by molar-refractivity contribution is 0.0704.